The monoisotopic (exact) mass is 297 g/mol. The second kappa shape index (κ2) is 6.76. The smallest absolute Gasteiger partial charge is 0.326 e. The Morgan fingerprint density at radius 3 is 2.43 bits per heavy atom. The Morgan fingerprint density at radius 1 is 1.38 bits per heavy atom. The molecule has 0 fully saturated rings. The number of furan rings is 1. The second-order valence-corrected chi connectivity index (χ2v) is 5.98. The van der Waals surface area contributed by atoms with Crippen LogP contribution in [0.1, 0.15) is 49.1 Å². The van der Waals surface area contributed by atoms with E-state index < -0.39 is 17.9 Å². The topological polar surface area (TPSA) is 88.8 Å². The molecule has 1 atom stereocenters. The molecule has 2 N–H and O–H groups in total. The van der Waals surface area contributed by atoms with Crippen molar-refractivity contribution in [1.29, 1.82) is 0 Å². The number of ether oxygens (including phenoxy) is 1. The number of nitrogens with one attached hydrogen (secondary N) is 1. The van der Waals surface area contributed by atoms with Crippen LogP contribution in [0.4, 0.5) is 0 Å². The van der Waals surface area contributed by atoms with Gasteiger partial charge in [0.2, 0.25) is 0 Å². The third kappa shape index (κ3) is 5.59. The van der Waals surface area contributed by atoms with Crippen LogP contribution in [0.2, 0.25) is 0 Å². The summed E-state index contributed by atoms with van der Waals surface area (Å²) in [6.07, 6.45) is 0.192. The van der Waals surface area contributed by atoms with Crippen molar-refractivity contribution in [2.45, 2.75) is 52.7 Å². The number of amides is 1. The van der Waals surface area contributed by atoms with E-state index in [0.29, 0.717) is 11.3 Å². The normalized spacial score (nSPS) is 13.0. The first kappa shape index (κ1) is 17.2. The molecule has 0 aromatic carbocycles. The molecule has 0 aliphatic rings. The third-order valence-corrected chi connectivity index (χ3v) is 2.79. The van der Waals surface area contributed by atoms with Gasteiger partial charge in [-0.3, -0.25) is 4.79 Å². The SMILES string of the molecule is Cc1cc(C)c(C(=O)NC(CCOC(C)(C)C)C(=O)O)o1. The van der Waals surface area contributed by atoms with Crippen molar-refractivity contribution in [3.63, 3.8) is 0 Å². The van der Waals surface area contributed by atoms with E-state index in [2.05, 4.69) is 5.32 Å². The molecule has 1 amide bonds. The van der Waals surface area contributed by atoms with E-state index >= 15 is 0 Å². The number of carboxylic acid groups (broad SMARTS) is 1. The van der Waals surface area contributed by atoms with E-state index in [1.54, 1.807) is 19.9 Å². The van der Waals surface area contributed by atoms with E-state index in [4.69, 9.17) is 9.15 Å². The van der Waals surface area contributed by atoms with Crippen LogP contribution in [0.15, 0.2) is 10.5 Å². The zero-order valence-corrected chi connectivity index (χ0v) is 13.1. The van der Waals surface area contributed by atoms with Gasteiger partial charge in [-0.15, -0.1) is 0 Å². The lowest BCUT2D eigenvalue weighted by Crippen LogP contribution is -2.42. The molecule has 1 aromatic heterocycles. The Labute approximate surface area is 124 Å². The Kier molecular flexibility index (Phi) is 5.54. The number of hydrogen-bond donors (Lipinski definition) is 2. The Hall–Kier alpha value is -1.82. The minimum atomic E-state index is -1.10. The fourth-order valence-corrected chi connectivity index (χ4v) is 1.83. The predicted octanol–water partition coefficient (Wildman–Crippen LogP) is 2.28. The number of aliphatic carboxylic acids is 1. The molecule has 1 heterocycles. The summed E-state index contributed by atoms with van der Waals surface area (Å²) in [6, 6.07) is 0.720. The van der Waals surface area contributed by atoms with Gasteiger partial charge in [-0.2, -0.15) is 0 Å². The highest BCUT2D eigenvalue weighted by atomic mass is 16.5. The van der Waals surface area contributed by atoms with Gasteiger partial charge in [0, 0.05) is 18.6 Å². The molecule has 118 valence electrons. The summed E-state index contributed by atoms with van der Waals surface area (Å²) in [4.78, 5) is 23.3. The summed E-state index contributed by atoms with van der Waals surface area (Å²) in [5.74, 6) is -0.860. The van der Waals surface area contributed by atoms with Crippen molar-refractivity contribution in [2.75, 3.05) is 6.61 Å². The maximum atomic E-state index is 12.0. The number of carboxylic acids is 1. The molecule has 1 unspecified atom stereocenters. The van der Waals surface area contributed by atoms with Crippen molar-refractivity contribution in [3.8, 4) is 0 Å². The van der Waals surface area contributed by atoms with E-state index in [1.165, 1.54) is 0 Å². The fourth-order valence-electron chi connectivity index (χ4n) is 1.83. The summed E-state index contributed by atoms with van der Waals surface area (Å²) < 4.78 is 10.8. The van der Waals surface area contributed by atoms with Gasteiger partial charge in [0.05, 0.1) is 5.60 Å². The number of carbonyl (C=O) groups is 2. The minimum absolute atomic E-state index is 0.149. The average molecular weight is 297 g/mol. The number of hydrogen-bond acceptors (Lipinski definition) is 4. The van der Waals surface area contributed by atoms with Gasteiger partial charge in [-0.1, -0.05) is 0 Å². The summed E-state index contributed by atoms with van der Waals surface area (Å²) in [5.41, 5.74) is 0.335. The third-order valence-electron chi connectivity index (χ3n) is 2.79. The summed E-state index contributed by atoms with van der Waals surface area (Å²) >= 11 is 0. The van der Waals surface area contributed by atoms with Crippen LogP contribution in [-0.2, 0) is 9.53 Å². The average Bonchev–Trinajstić information content (AvgIpc) is 2.65. The van der Waals surface area contributed by atoms with Gasteiger partial charge in [0.1, 0.15) is 11.8 Å². The highest BCUT2D eigenvalue weighted by Crippen LogP contribution is 2.14. The van der Waals surface area contributed by atoms with Crippen LogP contribution >= 0.6 is 0 Å². The molecule has 1 aromatic rings. The molecular weight excluding hydrogens is 274 g/mol. The maximum absolute atomic E-state index is 12.0. The maximum Gasteiger partial charge on any atom is 0.326 e. The Morgan fingerprint density at radius 2 is 2.00 bits per heavy atom. The van der Waals surface area contributed by atoms with Crippen molar-refractivity contribution in [2.24, 2.45) is 0 Å². The molecule has 6 heteroatoms. The molecule has 0 saturated heterocycles. The number of rotatable bonds is 6. The van der Waals surface area contributed by atoms with Crippen LogP contribution in [0.25, 0.3) is 0 Å². The molecule has 0 spiro atoms. The lowest BCUT2D eigenvalue weighted by Gasteiger charge is -2.21. The van der Waals surface area contributed by atoms with Crippen molar-refractivity contribution in [1.82, 2.24) is 5.32 Å². The zero-order valence-electron chi connectivity index (χ0n) is 13.1. The van der Waals surface area contributed by atoms with Crippen molar-refractivity contribution >= 4 is 11.9 Å². The van der Waals surface area contributed by atoms with E-state index in [1.807, 2.05) is 20.8 Å². The summed E-state index contributed by atoms with van der Waals surface area (Å²) in [5, 5.41) is 11.6. The van der Waals surface area contributed by atoms with E-state index in [0.717, 1.165) is 0 Å². The molecule has 0 saturated carbocycles. The van der Waals surface area contributed by atoms with Gasteiger partial charge in [0.15, 0.2) is 5.76 Å². The highest BCUT2D eigenvalue weighted by molar-refractivity contribution is 5.95. The van der Waals surface area contributed by atoms with Gasteiger partial charge < -0.3 is 19.6 Å². The van der Waals surface area contributed by atoms with Crippen LogP contribution in [-0.4, -0.2) is 35.2 Å². The molecule has 0 aliphatic heterocycles. The molecule has 1 rings (SSSR count). The lowest BCUT2D eigenvalue weighted by molar-refractivity contribution is -0.140. The molecule has 21 heavy (non-hydrogen) atoms. The van der Waals surface area contributed by atoms with Crippen LogP contribution in [0.5, 0.6) is 0 Å². The van der Waals surface area contributed by atoms with Crippen LogP contribution in [0.3, 0.4) is 0 Å². The lowest BCUT2D eigenvalue weighted by atomic mass is 10.1. The van der Waals surface area contributed by atoms with Crippen LogP contribution in [0, 0.1) is 13.8 Å². The van der Waals surface area contributed by atoms with Gasteiger partial charge in [-0.25, -0.2) is 4.79 Å². The Balaban J connectivity index is 2.64. The van der Waals surface area contributed by atoms with Gasteiger partial charge in [0.25, 0.3) is 5.91 Å². The fraction of sp³-hybridized carbons (Fsp3) is 0.600. The zero-order chi connectivity index (χ0) is 16.2. The largest absolute Gasteiger partial charge is 0.480 e. The van der Waals surface area contributed by atoms with Crippen molar-refractivity contribution < 1.29 is 23.8 Å². The Bertz CT molecular complexity index is 513. The summed E-state index contributed by atoms with van der Waals surface area (Å²) in [7, 11) is 0. The van der Waals surface area contributed by atoms with Gasteiger partial charge >= 0.3 is 5.97 Å². The molecule has 0 aliphatic carbocycles. The van der Waals surface area contributed by atoms with Crippen molar-refractivity contribution in [3.05, 3.63) is 23.2 Å². The van der Waals surface area contributed by atoms with E-state index in [-0.39, 0.29) is 24.4 Å². The van der Waals surface area contributed by atoms with E-state index in [9.17, 15) is 14.7 Å². The second-order valence-electron chi connectivity index (χ2n) is 5.98. The minimum Gasteiger partial charge on any atom is -0.480 e. The first-order chi connectivity index (χ1) is 9.60. The number of carbonyl (C=O) groups excluding carboxylic acids is 1. The summed E-state index contributed by atoms with van der Waals surface area (Å²) in [6.45, 7) is 9.37. The predicted molar refractivity (Wildman–Crippen MR) is 77.4 cm³/mol. The molecule has 6 nitrogen and oxygen atoms in total. The molecule has 0 radical (unpaired) electrons. The van der Waals surface area contributed by atoms with Gasteiger partial charge in [-0.05, 0) is 40.7 Å². The first-order valence-corrected chi connectivity index (χ1v) is 6.85. The number of aryl methyl sites for hydroxylation is 2. The highest BCUT2D eigenvalue weighted by Gasteiger charge is 2.24. The molecular formula is C15H23NO5. The first-order valence-electron chi connectivity index (χ1n) is 6.85. The quantitative estimate of drug-likeness (QED) is 0.841. The van der Waals surface area contributed by atoms with Crippen LogP contribution < -0.4 is 5.32 Å². The standard InChI is InChI=1S/C15H23NO5/c1-9-8-10(2)21-12(9)13(17)16-11(14(18)19)6-7-20-15(3,4)5/h8,11H,6-7H2,1-5H3,(H,16,17)(H,18,19). The molecule has 0 bridgehead atoms.